The van der Waals surface area contributed by atoms with Gasteiger partial charge in [0.25, 0.3) is 0 Å². The van der Waals surface area contributed by atoms with Crippen LogP contribution in [0, 0.1) is 5.41 Å². The second-order valence-corrected chi connectivity index (χ2v) is 6.09. The Bertz CT molecular complexity index is 349. The number of nitrogens with one attached hydrogen (secondary N) is 1. The number of amides is 1. The summed E-state index contributed by atoms with van der Waals surface area (Å²) in [5.41, 5.74) is -0.575. The Kier molecular flexibility index (Phi) is 6.57. The summed E-state index contributed by atoms with van der Waals surface area (Å²) in [4.78, 5) is 11.8. The van der Waals surface area contributed by atoms with Crippen LogP contribution in [0.25, 0.3) is 0 Å². The van der Waals surface area contributed by atoms with Crippen molar-refractivity contribution in [3.63, 3.8) is 0 Å². The average molecular weight is 305 g/mol. The lowest BCUT2D eigenvalue weighted by atomic mass is 9.83. The Morgan fingerprint density at radius 1 is 1.33 bits per heavy atom. The van der Waals surface area contributed by atoms with Crippen molar-refractivity contribution in [2.45, 2.75) is 45.2 Å². The lowest BCUT2D eigenvalue weighted by Crippen LogP contribution is -2.60. The minimum Gasteiger partial charge on any atom is -0.402 e. The molecule has 0 aromatic heterocycles. The van der Waals surface area contributed by atoms with Gasteiger partial charge in [0.05, 0.1) is 31.9 Å². The van der Waals surface area contributed by atoms with Crippen LogP contribution in [0.15, 0.2) is 0 Å². The van der Waals surface area contributed by atoms with E-state index >= 15 is 0 Å². The maximum absolute atomic E-state index is 11.8. The van der Waals surface area contributed by atoms with Crippen molar-refractivity contribution in [3.8, 4) is 0 Å². The van der Waals surface area contributed by atoms with Crippen LogP contribution in [0.4, 0.5) is 0 Å². The van der Waals surface area contributed by atoms with Crippen molar-refractivity contribution in [2.75, 3.05) is 19.7 Å². The molecule has 1 fully saturated rings. The molecule has 9 heteroatoms. The summed E-state index contributed by atoms with van der Waals surface area (Å²) < 4.78 is 10.6. The maximum atomic E-state index is 11.8. The highest BCUT2D eigenvalue weighted by Gasteiger charge is 2.44. The van der Waals surface area contributed by atoms with E-state index in [9.17, 15) is 20.1 Å². The number of hydrogen-bond acceptors (Lipinski definition) is 7. The van der Waals surface area contributed by atoms with Crippen molar-refractivity contribution in [3.05, 3.63) is 0 Å². The molecule has 122 valence electrons. The van der Waals surface area contributed by atoms with Crippen molar-refractivity contribution < 1.29 is 34.5 Å². The number of rotatable bonds is 5. The topological polar surface area (TPSA) is 128 Å². The fourth-order valence-corrected chi connectivity index (χ4v) is 1.89. The summed E-state index contributed by atoms with van der Waals surface area (Å²) in [6, 6.07) is 0. The fourth-order valence-electron chi connectivity index (χ4n) is 1.89. The molecule has 0 spiro atoms. The molecule has 1 amide bonds. The summed E-state index contributed by atoms with van der Waals surface area (Å²) in [7, 11) is -0.928. The van der Waals surface area contributed by atoms with Gasteiger partial charge < -0.3 is 35.1 Å². The SMILES string of the molecule is CC(C)(C)C(=O)NCB1OC(CO)C(O)C(C(O)CO)O1. The van der Waals surface area contributed by atoms with E-state index in [-0.39, 0.29) is 12.4 Å². The highest BCUT2D eigenvalue weighted by atomic mass is 16.6. The van der Waals surface area contributed by atoms with Gasteiger partial charge in [-0.05, 0) is 0 Å². The van der Waals surface area contributed by atoms with Gasteiger partial charge in [-0.25, -0.2) is 0 Å². The predicted molar refractivity (Wildman–Crippen MR) is 74.1 cm³/mol. The lowest BCUT2D eigenvalue weighted by molar-refractivity contribution is -0.150. The summed E-state index contributed by atoms with van der Waals surface area (Å²) >= 11 is 0. The van der Waals surface area contributed by atoms with E-state index < -0.39 is 50.2 Å². The Balaban J connectivity index is 2.64. The van der Waals surface area contributed by atoms with E-state index in [1.165, 1.54) is 0 Å². The molecule has 1 rings (SSSR count). The van der Waals surface area contributed by atoms with Crippen LogP contribution in [-0.4, -0.2) is 77.5 Å². The third-order valence-corrected chi connectivity index (χ3v) is 3.21. The molecular weight excluding hydrogens is 281 g/mol. The van der Waals surface area contributed by atoms with Crippen molar-refractivity contribution >= 4 is 13.0 Å². The maximum Gasteiger partial charge on any atom is 0.478 e. The number of hydrogen-bond donors (Lipinski definition) is 5. The Morgan fingerprint density at radius 2 is 1.95 bits per heavy atom. The zero-order chi connectivity index (χ0) is 16.2. The van der Waals surface area contributed by atoms with E-state index in [0.29, 0.717) is 0 Å². The van der Waals surface area contributed by atoms with Crippen LogP contribution in [0.3, 0.4) is 0 Å². The number of aliphatic hydroxyl groups excluding tert-OH is 4. The second kappa shape index (κ2) is 7.53. The van der Waals surface area contributed by atoms with Gasteiger partial charge in [0, 0.05) is 5.41 Å². The summed E-state index contributed by atoms with van der Waals surface area (Å²) in [6.07, 6.45) is -4.63. The van der Waals surface area contributed by atoms with Crippen LogP contribution in [-0.2, 0) is 14.1 Å². The largest absolute Gasteiger partial charge is 0.478 e. The van der Waals surface area contributed by atoms with Crippen LogP contribution in [0.2, 0.25) is 0 Å². The van der Waals surface area contributed by atoms with E-state index in [0.717, 1.165) is 0 Å². The van der Waals surface area contributed by atoms with Crippen LogP contribution < -0.4 is 5.32 Å². The highest BCUT2D eigenvalue weighted by molar-refractivity contribution is 6.45. The smallest absolute Gasteiger partial charge is 0.402 e. The minimum absolute atomic E-state index is 0.00791. The van der Waals surface area contributed by atoms with Gasteiger partial charge in [0.1, 0.15) is 12.2 Å². The molecule has 8 nitrogen and oxygen atoms in total. The van der Waals surface area contributed by atoms with Crippen molar-refractivity contribution in [1.82, 2.24) is 5.32 Å². The molecule has 4 unspecified atom stereocenters. The average Bonchev–Trinajstić information content (AvgIpc) is 2.43. The van der Waals surface area contributed by atoms with Gasteiger partial charge in [0.2, 0.25) is 5.91 Å². The van der Waals surface area contributed by atoms with Gasteiger partial charge in [-0.15, -0.1) is 0 Å². The number of carbonyl (C=O) groups excluding carboxylic acids is 1. The Labute approximate surface area is 124 Å². The van der Waals surface area contributed by atoms with E-state index in [1.54, 1.807) is 20.8 Å². The molecular formula is C12H24BNO7. The van der Waals surface area contributed by atoms with Crippen LogP contribution in [0.1, 0.15) is 20.8 Å². The van der Waals surface area contributed by atoms with Crippen molar-refractivity contribution in [1.29, 1.82) is 0 Å². The first-order valence-corrected chi connectivity index (χ1v) is 6.87. The molecule has 0 aromatic rings. The number of aliphatic hydroxyl groups is 4. The molecule has 21 heavy (non-hydrogen) atoms. The molecule has 0 radical (unpaired) electrons. The molecule has 0 aliphatic carbocycles. The van der Waals surface area contributed by atoms with Crippen molar-refractivity contribution in [2.24, 2.45) is 5.41 Å². The standard InChI is InChI=1S/C12H24BNO7/c1-12(2,3)11(19)14-6-13-20-8(5-16)9(18)10(21-13)7(17)4-15/h7-10,15-18H,4-6H2,1-3H3,(H,14,19). The lowest BCUT2D eigenvalue weighted by Gasteiger charge is -2.39. The Hall–Kier alpha value is -0.705. The van der Waals surface area contributed by atoms with E-state index in [4.69, 9.17) is 14.4 Å². The first-order chi connectivity index (χ1) is 9.70. The van der Waals surface area contributed by atoms with Gasteiger partial charge in [-0.1, -0.05) is 20.8 Å². The molecule has 0 bridgehead atoms. The fraction of sp³-hybridized carbons (Fsp3) is 0.917. The zero-order valence-corrected chi connectivity index (χ0v) is 12.5. The van der Waals surface area contributed by atoms with Crippen LogP contribution >= 0.6 is 0 Å². The first-order valence-electron chi connectivity index (χ1n) is 6.87. The highest BCUT2D eigenvalue weighted by Crippen LogP contribution is 2.20. The molecule has 1 aliphatic heterocycles. The van der Waals surface area contributed by atoms with Gasteiger partial charge in [0.15, 0.2) is 0 Å². The van der Waals surface area contributed by atoms with E-state index in [2.05, 4.69) is 5.32 Å². The third kappa shape index (κ3) is 4.91. The molecule has 1 aliphatic rings. The molecule has 4 atom stereocenters. The first kappa shape index (κ1) is 18.3. The summed E-state index contributed by atoms with van der Waals surface area (Å²) in [5.74, 6) is -0.208. The molecule has 5 N–H and O–H groups in total. The van der Waals surface area contributed by atoms with Gasteiger partial charge in [-0.2, -0.15) is 0 Å². The van der Waals surface area contributed by atoms with Gasteiger partial charge >= 0.3 is 7.12 Å². The van der Waals surface area contributed by atoms with Crippen LogP contribution in [0.5, 0.6) is 0 Å². The molecule has 1 heterocycles. The molecule has 0 aromatic carbocycles. The third-order valence-electron chi connectivity index (χ3n) is 3.21. The zero-order valence-electron chi connectivity index (χ0n) is 12.5. The van der Waals surface area contributed by atoms with Gasteiger partial charge in [-0.3, -0.25) is 4.79 Å². The summed E-state index contributed by atoms with van der Waals surface area (Å²) in [5, 5.41) is 40.3. The predicted octanol–water partition coefficient (Wildman–Crippen LogP) is -2.33. The summed E-state index contributed by atoms with van der Waals surface area (Å²) in [6.45, 7) is 4.19. The molecule has 1 saturated heterocycles. The normalized spacial score (nSPS) is 28.3. The number of carbonyl (C=O) groups is 1. The van der Waals surface area contributed by atoms with E-state index in [1.807, 2.05) is 0 Å². The monoisotopic (exact) mass is 305 g/mol. The molecule has 0 saturated carbocycles. The second-order valence-electron chi connectivity index (χ2n) is 6.09. The minimum atomic E-state index is -1.31. The Morgan fingerprint density at radius 3 is 2.43 bits per heavy atom. The quantitative estimate of drug-likeness (QED) is 0.360.